The van der Waals surface area contributed by atoms with E-state index in [0.717, 1.165) is 23.5 Å². The lowest BCUT2D eigenvalue weighted by atomic mass is 10.2. The zero-order valence-corrected chi connectivity index (χ0v) is 13.6. The van der Waals surface area contributed by atoms with Crippen LogP contribution in [0.2, 0.25) is 0 Å². The van der Waals surface area contributed by atoms with Gasteiger partial charge in [-0.05, 0) is 37.0 Å². The summed E-state index contributed by atoms with van der Waals surface area (Å²) in [5.41, 5.74) is 1.20. The van der Waals surface area contributed by atoms with Gasteiger partial charge in [0.05, 0.1) is 0 Å². The topological polar surface area (TPSA) is 18.5 Å². The summed E-state index contributed by atoms with van der Waals surface area (Å²) in [5, 5.41) is 3.50. The average Bonchev–Trinajstić information content (AvgIpc) is 3.25. The molecule has 1 aliphatic carbocycles. The van der Waals surface area contributed by atoms with Crippen LogP contribution in [-0.4, -0.2) is 55.6 Å². The van der Waals surface area contributed by atoms with Crippen molar-refractivity contribution >= 4 is 21.6 Å². The second-order valence-corrected chi connectivity index (χ2v) is 6.94. The first kappa shape index (κ1) is 14.4. The summed E-state index contributed by atoms with van der Waals surface area (Å²) < 4.78 is 1.14. The molecule has 1 aromatic carbocycles. The molecular formula is C16H24BrN3. The Morgan fingerprint density at radius 3 is 2.55 bits per heavy atom. The van der Waals surface area contributed by atoms with Crippen LogP contribution in [0.5, 0.6) is 0 Å². The lowest BCUT2D eigenvalue weighted by Gasteiger charge is -2.34. The van der Waals surface area contributed by atoms with E-state index >= 15 is 0 Å². The van der Waals surface area contributed by atoms with Crippen LogP contribution in [0, 0.1) is 5.92 Å². The summed E-state index contributed by atoms with van der Waals surface area (Å²) in [6, 6.07) is 8.39. The van der Waals surface area contributed by atoms with Gasteiger partial charge in [-0.15, -0.1) is 0 Å². The molecule has 1 aliphatic heterocycles. The number of anilines is 1. The molecular weight excluding hydrogens is 314 g/mol. The minimum absolute atomic E-state index is 1.03. The van der Waals surface area contributed by atoms with Crippen LogP contribution in [0.3, 0.4) is 0 Å². The molecule has 1 saturated carbocycles. The molecule has 110 valence electrons. The van der Waals surface area contributed by atoms with Crippen LogP contribution < -0.4 is 5.32 Å². The van der Waals surface area contributed by atoms with Crippen LogP contribution in [0.15, 0.2) is 28.7 Å². The molecule has 1 N–H and O–H groups in total. The largest absolute Gasteiger partial charge is 0.384 e. The van der Waals surface area contributed by atoms with Gasteiger partial charge in [0.2, 0.25) is 0 Å². The number of nitrogens with one attached hydrogen (secondary N) is 1. The van der Waals surface area contributed by atoms with E-state index in [1.54, 1.807) is 0 Å². The van der Waals surface area contributed by atoms with E-state index in [-0.39, 0.29) is 0 Å². The van der Waals surface area contributed by atoms with Crippen LogP contribution in [0.4, 0.5) is 5.69 Å². The van der Waals surface area contributed by atoms with Gasteiger partial charge in [-0.3, -0.25) is 4.90 Å². The molecule has 0 atom stereocenters. The van der Waals surface area contributed by atoms with Gasteiger partial charge in [-0.25, -0.2) is 0 Å². The third-order valence-corrected chi connectivity index (χ3v) is 4.75. The fourth-order valence-corrected chi connectivity index (χ4v) is 3.22. The van der Waals surface area contributed by atoms with E-state index < -0.39 is 0 Å². The lowest BCUT2D eigenvalue weighted by Crippen LogP contribution is -2.48. The Balaban J connectivity index is 1.33. The Bertz CT molecular complexity index is 425. The molecule has 0 spiro atoms. The molecule has 3 nitrogen and oxygen atoms in total. The van der Waals surface area contributed by atoms with Crippen LogP contribution >= 0.6 is 15.9 Å². The smallest absolute Gasteiger partial charge is 0.0351 e. The first-order valence-electron chi connectivity index (χ1n) is 7.74. The second kappa shape index (κ2) is 6.92. The molecule has 2 aliphatic rings. The Labute approximate surface area is 130 Å². The molecule has 4 heteroatoms. The number of piperazine rings is 1. The summed E-state index contributed by atoms with van der Waals surface area (Å²) in [6.07, 6.45) is 2.94. The number of nitrogens with zero attached hydrogens (tertiary/aromatic N) is 2. The fourth-order valence-electron chi connectivity index (χ4n) is 2.82. The van der Waals surface area contributed by atoms with Gasteiger partial charge < -0.3 is 10.2 Å². The SMILES string of the molecule is Brc1cccc(NCCN2CCN(CC3CC3)CC2)c1. The maximum atomic E-state index is 3.51. The monoisotopic (exact) mass is 337 g/mol. The molecule has 1 aromatic rings. The number of rotatable bonds is 6. The molecule has 1 heterocycles. The van der Waals surface area contributed by atoms with Crippen molar-refractivity contribution in [2.75, 3.05) is 51.1 Å². The average molecular weight is 338 g/mol. The van der Waals surface area contributed by atoms with Gasteiger partial charge in [0, 0.05) is 56.0 Å². The second-order valence-electron chi connectivity index (χ2n) is 6.02. The van der Waals surface area contributed by atoms with Crippen molar-refractivity contribution in [3.63, 3.8) is 0 Å². The molecule has 1 saturated heterocycles. The van der Waals surface area contributed by atoms with E-state index in [9.17, 15) is 0 Å². The molecule has 0 aromatic heterocycles. The van der Waals surface area contributed by atoms with Gasteiger partial charge in [-0.2, -0.15) is 0 Å². The van der Waals surface area contributed by atoms with Crippen molar-refractivity contribution in [1.29, 1.82) is 0 Å². The van der Waals surface area contributed by atoms with Gasteiger partial charge >= 0.3 is 0 Å². The van der Waals surface area contributed by atoms with E-state index in [1.807, 2.05) is 0 Å². The van der Waals surface area contributed by atoms with Crippen LogP contribution in [0.1, 0.15) is 12.8 Å². The summed E-state index contributed by atoms with van der Waals surface area (Å²) >= 11 is 3.51. The molecule has 0 unspecified atom stereocenters. The number of hydrogen-bond donors (Lipinski definition) is 1. The third-order valence-electron chi connectivity index (χ3n) is 4.26. The highest BCUT2D eigenvalue weighted by molar-refractivity contribution is 9.10. The maximum Gasteiger partial charge on any atom is 0.0351 e. The normalized spacial score (nSPS) is 21.1. The summed E-state index contributed by atoms with van der Waals surface area (Å²) in [5.74, 6) is 1.03. The van der Waals surface area contributed by atoms with Crippen molar-refractivity contribution in [3.8, 4) is 0 Å². The first-order chi connectivity index (χ1) is 9.79. The van der Waals surface area contributed by atoms with Crippen LogP contribution in [-0.2, 0) is 0 Å². The van der Waals surface area contributed by atoms with Crippen molar-refractivity contribution < 1.29 is 0 Å². The Hall–Kier alpha value is -0.580. The van der Waals surface area contributed by atoms with E-state index in [0.29, 0.717) is 0 Å². The Morgan fingerprint density at radius 2 is 1.85 bits per heavy atom. The molecule has 3 rings (SSSR count). The third kappa shape index (κ3) is 4.47. The Kier molecular flexibility index (Phi) is 4.97. The molecule has 0 amide bonds. The zero-order chi connectivity index (χ0) is 13.8. The number of halogens is 1. The molecule has 20 heavy (non-hydrogen) atoms. The molecule has 2 fully saturated rings. The number of hydrogen-bond acceptors (Lipinski definition) is 3. The highest BCUT2D eigenvalue weighted by atomic mass is 79.9. The van der Waals surface area contributed by atoms with Crippen molar-refractivity contribution in [1.82, 2.24) is 9.80 Å². The van der Waals surface area contributed by atoms with E-state index in [1.165, 1.54) is 51.3 Å². The minimum atomic E-state index is 1.03. The zero-order valence-electron chi connectivity index (χ0n) is 12.0. The van der Waals surface area contributed by atoms with Crippen LogP contribution in [0.25, 0.3) is 0 Å². The lowest BCUT2D eigenvalue weighted by molar-refractivity contribution is 0.132. The van der Waals surface area contributed by atoms with Gasteiger partial charge in [0.25, 0.3) is 0 Å². The van der Waals surface area contributed by atoms with Crippen molar-refractivity contribution in [2.45, 2.75) is 12.8 Å². The van der Waals surface area contributed by atoms with Gasteiger partial charge in [0.1, 0.15) is 0 Å². The predicted molar refractivity (Wildman–Crippen MR) is 88.2 cm³/mol. The molecule has 0 radical (unpaired) electrons. The van der Waals surface area contributed by atoms with Crippen molar-refractivity contribution in [3.05, 3.63) is 28.7 Å². The summed E-state index contributed by atoms with van der Waals surface area (Å²) in [7, 11) is 0. The predicted octanol–water partition coefficient (Wildman–Crippen LogP) is 2.89. The minimum Gasteiger partial charge on any atom is -0.384 e. The highest BCUT2D eigenvalue weighted by Crippen LogP contribution is 2.29. The van der Waals surface area contributed by atoms with E-state index in [2.05, 4.69) is 55.3 Å². The number of benzene rings is 1. The maximum absolute atomic E-state index is 3.51. The summed E-state index contributed by atoms with van der Waals surface area (Å²) in [4.78, 5) is 5.23. The first-order valence-corrected chi connectivity index (χ1v) is 8.53. The summed E-state index contributed by atoms with van der Waals surface area (Å²) in [6.45, 7) is 8.49. The quantitative estimate of drug-likeness (QED) is 0.861. The van der Waals surface area contributed by atoms with E-state index in [4.69, 9.17) is 0 Å². The van der Waals surface area contributed by atoms with Crippen molar-refractivity contribution in [2.24, 2.45) is 5.92 Å². The highest BCUT2D eigenvalue weighted by Gasteiger charge is 2.26. The fraction of sp³-hybridized carbons (Fsp3) is 0.625. The standard InChI is InChI=1S/C16H24BrN3/c17-15-2-1-3-16(12-15)18-6-7-19-8-10-20(11-9-19)13-14-4-5-14/h1-3,12,14,18H,4-11,13H2. The Morgan fingerprint density at radius 1 is 1.10 bits per heavy atom. The van der Waals surface area contributed by atoms with Gasteiger partial charge in [-0.1, -0.05) is 22.0 Å². The molecule has 0 bridgehead atoms. The van der Waals surface area contributed by atoms with Gasteiger partial charge in [0.15, 0.2) is 0 Å².